The molecular weight excluding hydrogens is 328 g/mol. The van der Waals surface area contributed by atoms with Crippen LogP contribution < -0.4 is 5.32 Å². The van der Waals surface area contributed by atoms with Crippen LogP contribution in [-0.4, -0.2) is 44.4 Å². The van der Waals surface area contributed by atoms with Crippen molar-refractivity contribution in [3.63, 3.8) is 0 Å². The molecule has 1 saturated heterocycles. The number of carbonyl (C=O) groups excluding carboxylic acids is 1. The molecule has 6 nitrogen and oxygen atoms in total. The number of hydrogen-bond acceptors (Lipinski definition) is 4. The number of nitrogens with zero attached hydrogens (tertiary/aromatic N) is 1. The van der Waals surface area contributed by atoms with Crippen LogP contribution in [0.15, 0.2) is 17.0 Å². The van der Waals surface area contributed by atoms with Crippen LogP contribution >= 0.6 is 11.6 Å². The first-order valence-corrected chi connectivity index (χ1v) is 8.97. The molecule has 0 spiro atoms. The maximum Gasteiger partial charge on any atom is 0.244 e. The fraction of sp³-hybridized carbons (Fsp3) is 0.500. The highest BCUT2D eigenvalue weighted by Gasteiger charge is 2.33. The van der Waals surface area contributed by atoms with Crippen LogP contribution in [-0.2, 0) is 26.0 Å². The van der Waals surface area contributed by atoms with Crippen molar-refractivity contribution in [3.05, 3.63) is 22.7 Å². The standard InChI is InChI=1S/C14H17ClN2O4S/c1-2-10-8-17(3-4-21-10)22(19,20)13-5-9-6-14(18)16-12(9)7-11(13)15/h5,7,10H,2-4,6,8H2,1H3,(H,16,18)/t10-/m1/s1. The number of amides is 1. The maximum atomic E-state index is 12.8. The summed E-state index contributed by atoms with van der Waals surface area (Å²) in [4.78, 5) is 11.5. The molecule has 0 bridgehead atoms. The van der Waals surface area contributed by atoms with Crippen molar-refractivity contribution in [1.29, 1.82) is 0 Å². The second-order valence-corrected chi connectivity index (χ2v) is 7.74. The predicted molar refractivity (Wildman–Crippen MR) is 82.6 cm³/mol. The number of morpholine rings is 1. The Morgan fingerprint density at radius 3 is 2.95 bits per heavy atom. The number of anilines is 1. The van der Waals surface area contributed by atoms with Crippen molar-refractivity contribution < 1.29 is 17.9 Å². The average Bonchev–Trinajstić information content (AvgIpc) is 2.85. The summed E-state index contributed by atoms with van der Waals surface area (Å²) < 4.78 is 32.6. The lowest BCUT2D eigenvalue weighted by atomic mass is 10.2. The first-order chi connectivity index (χ1) is 10.4. The van der Waals surface area contributed by atoms with E-state index in [2.05, 4.69) is 5.32 Å². The zero-order valence-electron chi connectivity index (χ0n) is 12.1. The first-order valence-electron chi connectivity index (χ1n) is 7.16. The SMILES string of the molecule is CC[C@@H]1CN(S(=O)(=O)c2cc3c(cc2Cl)NC(=O)C3)CCO1. The van der Waals surface area contributed by atoms with E-state index in [0.29, 0.717) is 30.9 Å². The molecular formula is C14H17ClN2O4S. The van der Waals surface area contributed by atoms with Crippen LogP contribution in [0.5, 0.6) is 0 Å². The van der Waals surface area contributed by atoms with E-state index in [4.69, 9.17) is 16.3 Å². The Balaban J connectivity index is 1.96. The Morgan fingerprint density at radius 1 is 1.45 bits per heavy atom. The summed E-state index contributed by atoms with van der Waals surface area (Å²) in [6.07, 6.45) is 0.831. The minimum atomic E-state index is -3.69. The molecule has 3 rings (SSSR count). The number of sulfonamides is 1. The molecule has 1 aromatic carbocycles. The van der Waals surface area contributed by atoms with E-state index < -0.39 is 10.0 Å². The summed E-state index contributed by atoms with van der Waals surface area (Å²) in [6.45, 7) is 2.97. The molecule has 0 saturated carbocycles. The molecule has 1 amide bonds. The van der Waals surface area contributed by atoms with E-state index in [1.165, 1.54) is 16.4 Å². The molecule has 0 aromatic heterocycles. The van der Waals surface area contributed by atoms with E-state index in [0.717, 1.165) is 6.42 Å². The molecule has 2 heterocycles. The number of benzene rings is 1. The third kappa shape index (κ3) is 2.74. The van der Waals surface area contributed by atoms with Gasteiger partial charge in [-0.25, -0.2) is 8.42 Å². The number of rotatable bonds is 3. The Kier molecular flexibility index (Phi) is 4.15. The highest BCUT2D eigenvalue weighted by molar-refractivity contribution is 7.89. The van der Waals surface area contributed by atoms with Gasteiger partial charge in [0.1, 0.15) is 4.90 Å². The molecule has 2 aliphatic rings. The van der Waals surface area contributed by atoms with Crippen molar-refractivity contribution in [1.82, 2.24) is 4.31 Å². The molecule has 8 heteroatoms. The highest BCUT2D eigenvalue weighted by Crippen LogP contribution is 2.34. The molecule has 0 unspecified atom stereocenters. The van der Waals surface area contributed by atoms with Crippen molar-refractivity contribution >= 4 is 33.2 Å². The Morgan fingerprint density at radius 2 is 2.23 bits per heavy atom. The van der Waals surface area contributed by atoms with Gasteiger partial charge in [-0.05, 0) is 24.1 Å². The Labute approximate surface area is 134 Å². The maximum absolute atomic E-state index is 12.8. The van der Waals surface area contributed by atoms with Crippen molar-refractivity contribution in [2.75, 3.05) is 25.0 Å². The quantitative estimate of drug-likeness (QED) is 0.904. The van der Waals surface area contributed by atoms with Crippen LogP contribution in [0.3, 0.4) is 0 Å². The molecule has 2 aliphatic heterocycles. The zero-order valence-corrected chi connectivity index (χ0v) is 13.7. The Hall–Kier alpha value is -1.15. The Bertz CT molecular complexity index is 720. The van der Waals surface area contributed by atoms with Gasteiger partial charge in [0.25, 0.3) is 0 Å². The predicted octanol–water partition coefficient (Wildman–Crippen LogP) is 1.63. The van der Waals surface area contributed by atoms with Crippen molar-refractivity contribution in [3.8, 4) is 0 Å². The van der Waals surface area contributed by atoms with Gasteiger partial charge in [-0.2, -0.15) is 4.31 Å². The van der Waals surface area contributed by atoms with E-state index in [-0.39, 0.29) is 28.4 Å². The van der Waals surface area contributed by atoms with Gasteiger partial charge >= 0.3 is 0 Å². The summed E-state index contributed by atoms with van der Waals surface area (Å²) in [5, 5.41) is 2.79. The molecule has 0 aliphatic carbocycles. The van der Waals surface area contributed by atoms with Gasteiger partial charge in [0, 0.05) is 18.8 Å². The van der Waals surface area contributed by atoms with E-state index in [1.54, 1.807) is 0 Å². The third-order valence-corrected chi connectivity index (χ3v) is 6.29. The van der Waals surface area contributed by atoms with Gasteiger partial charge in [0.2, 0.25) is 15.9 Å². The second-order valence-electron chi connectivity index (χ2n) is 5.43. The van der Waals surface area contributed by atoms with Gasteiger partial charge < -0.3 is 10.1 Å². The fourth-order valence-electron chi connectivity index (χ4n) is 2.72. The molecule has 1 aromatic rings. The number of fused-ring (bicyclic) bond motifs is 1. The summed E-state index contributed by atoms with van der Waals surface area (Å²) in [6, 6.07) is 3.01. The van der Waals surface area contributed by atoms with Crippen LogP contribution in [0.25, 0.3) is 0 Å². The van der Waals surface area contributed by atoms with Crippen LogP contribution in [0.4, 0.5) is 5.69 Å². The number of nitrogens with one attached hydrogen (secondary N) is 1. The normalized spacial score (nSPS) is 22.5. The lowest BCUT2D eigenvalue weighted by Crippen LogP contribution is -2.45. The molecule has 1 N–H and O–H groups in total. The van der Waals surface area contributed by atoms with Gasteiger partial charge in [-0.15, -0.1) is 0 Å². The first kappa shape index (κ1) is 15.7. The average molecular weight is 345 g/mol. The third-order valence-electron chi connectivity index (χ3n) is 3.96. The summed E-state index contributed by atoms with van der Waals surface area (Å²) in [5.41, 5.74) is 1.25. The molecule has 22 heavy (non-hydrogen) atoms. The van der Waals surface area contributed by atoms with Gasteiger partial charge in [0.15, 0.2) is 0 Å². The number of carbonyl (C=O) groups is 1. The summed E-state index contributed by atoms with van der Waals surface area (Å²) >= 11 is 6.14. The minimum Gasteiger partial charge on any atom is -0.375 e. The fourth-order valence-corrected chi connectivity index (χ4v) is 4.73. The summed E-state index contributed by atoms with van der Waals surface area (Å²) in [7, 11) is -3.69. The van der Waals surface area contributed by atoms with Crippen LogP contribution in [0, 0.1) is 0 Å². The van der Waals surface area contributed by atoms with E-state index >= 15 is 0 Å². The van der Waals surface area contributed by atoms with Crippen LogP contribution in [0.1, 0.15) is 18.9 Å². The van der Waals surface area contributed by atoms with E-state index in [9.17, 15) is 13.2 Å². The lowest BCUT2D eigenvalue weighted by Gasteiger charge is -2.31. The number of hydrogen-bond donors (Lipinski definition) is 1. The number of ether oxygens (including phenoxy) is 1. The second kappa shape index (κ2) is 5.81. The summed E-state index contributed by atoms with van der Waals surface area (Å²) in [5.74, 6) is -0.155. The van der Waals surface area contributed by atoms with Gasteiger partial charge in [0.05, 0.1) is 24.2 Å². The molecule has 1 fully saturated rings. The molecule has 120 valence electrons. The van der Waals surface area contributed by atoms with Crippen molar-refractivity contribution in [2.45, 2.75) is 30.8 Å². The zero-order chi connectivity index (χ0) is 15.9. The largest absolute Gasteiger partial charge is 0.375 e. The topological polar surface area (TPSA) is 75.7 Å². The van der Waals surface area contributed by atoms with Gasteiger partial charge in [-0.1, -0.05) is 18.5 Å². The van der Waals surface area contributed by atoms with Crippen molar-refractivity contribution in [2.24, 2.45) is 0 Å². The lowest BCUT2D eigenvalue weighted by molar-refractivity contribution is -0.115. The van der Waals surface area contributed by atoms with Gasteiger partial charge in [-0.3, -0.25) is 4.79 Å². The van der Waals surface area contributed by atoms with Crippen LogP contribution in [0.2, 0.25) is 5.02 Å². The monoisotopic (exact) mass is 344 g/mol. The van der Waals surface area contributed by atoms with E-state index in [1.807, 2.05) is 6.92 Å². The minimum absolute atomic E-state index is 0.0566. The molecule has 0 radical (unpaired) electrons. The molecule has 1 atom stereocenters. The highest BCUT2D eigenvalue weighted by atomic mass is 35.5. The number of halogens is 1. The smallest absolute Gasteiger partial charge is 0.244 e.